The van der Waals surface area contributed by atoms with Crippen LogP contribution >= 0.6 is 23.4 Å². The molecule has 0 bridgehead atoms. The molecule has 2 heterocycles. The highest BCUT2D eigenvalue weighted by molar-refractivity contribution is 7.99. The number of aryl methyl sites for hydroxylation is 2. The van der Waals surface area contributed by atoms with Crippen LogP contribution in [0.25, 0.3) is 0 Å². The maximum atomic E-state index is 10.6. The largest absolute Gasteiger partial charge is 0.392 e. The molecule has 20 heavy (non-hydrogen) atoms. The zero-order valence-electron chi connectivity index (χ0n) is 11.5. The van der Waals surface area contributed by atoms with Crippen molar-refractivity contribution in [3.05, 3.63) is 46.2 Å². The molecule has 0 fully saturated rings. The lowest BCUT2D eigenvalue weighted by molar-refractivity contribution is 0.151. The van der Waals surface area contributed by atoms with E-state index in [1.54, 1.807) is 4.68 Å². The van der Waals surface area contributed by atoms with Crippen molar-refractivity contribution in [1.82, 2.24) is 9.78 Å². The highest BCUT2D eigenvalue weighted by atomic mass is 35.5. The minimum absolute atomic E-state index is 0.173. The second kappa shape index (κ2) is 5.43. The molecule has 2 atom stereocenters. The van der Waals surface area contributed by atoms with Crippen molar-refractivity contribution in [1.29, 1.82) is 0 Å². The molecule has 0 saturated carbocycles. The molecule has 0 radical (unpaired) electrons. The van der Waals surface area contributed by atoms with E-state index in [9.17, 15) is 5.11 Å². The fourth-order valence-corrected chi connectivity index (χ4v) is 4.34. The Morgan fingerprint density at radius 1 is 1.50 bits per heavy atom. The van der Waals surface area contributed by atoms with Gasteiger partial charge >= 0.3 is 0 Å². The van der Waals surface area contributed by atoms with Gasteiger partial charge in [0, 0.05) is 35.6 Å². The predicted molar refractivity (Wildman–Crippen MR) is 82.6 cm³/mol. The fourth-order valence-electron chi connectivity index (χ4n) is 2.76. The van der Waals surface area contributed by atoms with E-state index in [1.807, 2.05) is 37.9 Å². The average Bonchev–Trinajstić information content (AvgIpc) is 2.96. The number of hydrogen-bond donors (Lipinski definition) is 1. The first-order valence-electron chi connectivity index (χ1n) is 6.65. The highest BCUT2D eigenvalue weighted by Crippen LogP contribution is 2.42. The van der Waals surface area contributed by atoms with E-state index in [-0.39, 0.29) is 5.92 Å². The lowest BCUT2D eigenvalue weighted by Gasteiger charge is -2.18. The Balaban J connectivity index is 1.83. The molecule has 106 valence electrons. The molecule has 3 nitrogen and oxygen atoms in total. The lowest BCUT2D eigenvalue weighted by Crippen LogP contribution is -2.21. The second-order valence-electron chi connectivity index (χ2n) is 5.21. The molecule has 1 aliphatic heterocycles. The summed E-state index contributed by atoms with van der Waals surface area (Å²) in [5.41, 5.74) is 3.11. The monoisotopic (exact) mass is 308 g/mol. The third-order valence-electron chi connectivity index (χ3n) is 3.88. The predicted octanol–water partition coefficient (Wildman–Crippen LogP) is 3.17. The molecule has 0 spiro atoms. The molecule has 1 N–H and O–H groups in total. The number of benzene rings is 1. The van der Waals surface area contributed by atoms with Gasteiger partial charge in [-0.1, -0.05) is 29.8 Å². The van der Waals surface area contributed by atoms with Crippen LogP contribution in [-0.2, 0) is 13.5 Å². The number of aromatic nitrogens is 2. The Kier molecular flexibility index (Phi) is 3.80. The molecule has 3 rings (SSSR count). The maximum Gasteiger partial charge on any atom is 0.130 e. The summed E-state index contributed by atoms with van der Waals surface area (Å²) in [6.07, 6.45) is 0.129. The number of hydrogen-bond acceptors (Lipinski definition) is 3. The molecule has 2 aromatic rings. The van der Waals surface area contributed by atoms with Crippen molar-refractivity contribution in [3.8, 4) is 0 Å². The number of thioether (sulfide) groups is 1. The molecular formula is C15H17ClN2OS. The van der Waals surface area contributed by atoms with E-state index in [0.717, 1.165) is 17.0 Å². The number of aliphatic hydroxyl groups is 1. The zero-order chi connectivity index (χ0) is 14.3. The van der Waals surface area contributed by atoms with Crippen LogP contribution in [0.1, 0.15) is 22.7 Å². The topological polar surface area (TPSA) is 38.0 Å². The second-order valence-corrected chi connectivity index (χ2v) is 6.63. The van der Waals surface area contributed by atoms with Gasteiger partial charge in [0.25, 0.3) is 0 Å². The van der Waals surface area contributed by atoms with Gasteiger partial charge in [-0.25, -0.2) is 0 Å². The van der Waals surface area contributed by atoms with Crippen LogP contribution in [0.2, 0.25) is 5.15 Å². The fraction of sp³-hybridized carbons (Fsp3) is 0.400. The SMILES string of the molecule is Cc1nn(C)c(Cl)c1CC(O)C1CSc2ccccc21. The first-order valence-corrected chi connectivity index (χ1v) is 8.02. The van der Waals surface area contributed by atoms with Crippen LogP contribution in [0.3, 0.4) is 0 Å². The van der Waals surface area contributed by atoms with Gasteiger partial charge in [0.15, 0.2) is 0 Å². The maximum absolute atomic E-state index is 10.6. The van der Waals surface area contributed by atoms with Crippen LogP contribution in [0.15, 0.2) is 29.2 Å². The van der Waals surface area contributed by atoms with Crippen LogP contribution in [0.5, 0.6) is 0 Å². The summed E-state index contributed by atoms with van der Waals surface area (Å²) in [5.74, 6) is 1.10. The molecule has 1 aromatic heterocycles. The van der Waals surface area contributed by atoms with Crippen molar-refractivity contribution in [2.45, 2.75) is 30.3 Å². The first kappa shape index (κ1) is 14.0. The van der Waals surface area contributed by atoms with Crippen molar-refractivity contribution in [3.63, 3.8) is 0 Å². The van der Waals surface area contributed by atoms with Crippen LogP contribution in [0, 0.1) is 6.92 Å². The summed E-state index contributed by atoms with van der Waals surface area (Å²) in [6.45, 7) is 1.94. The minimum atomic E-state index is -0.424. The zero-order valence-corrected chi connectivity index (χ0v) is 13.1. The molecule has 1 aromatic carbocycles. The minimum Gasteiger partial charge on any atom is -0.392 e. The van der Waals surface area contributed by atoms with Crippen LogP contribution in [-0.4, -0.2) is 26.7 Å². The quantitative estimate of drug-likeness (QED) is 0.946. The van der Waals surface area contributed by atoms with Gasteiger partial charge in [-0.3, -0.25) is 4.68 Å². The van der Waals surface area contributed by atoms with E-state index >= 15 is 0 Å². The van der Waals surface area contributed by atoms with Gasteiger partial charge in [-0.05, 0) is 18.6 Å². The summed E-state index contributed by atoms with van der Waals surface area (Å²) in [7, 11) is 1.83. The number of fused-ring (bicyclic) bond motifs is 1. The van der Waals surface area contributed by atoms with Gasteiger partial charge in [0.1, 0.15) is 5.15 Å². The number of halogens is 1. The average molecular weight is 309 g/mol. The third kappa shape index (κ3) is 2.36. The Morgan fingerprint density at radius 3 is 2.95 bits per heavy atom. The van der Waals surface area contributed by atoms with Crippen LogP contribution in [0.4, 0.5) is 0 Å². The summed E-state index contributed by atoms with van der Waals surface area (Å²) in [4.78, 5) is 1.28. The smallest absolute Gasteiger partial charge is 0.130 e. The molecule has 0 saturated heterocycles. The molecule has 0 amide bonds. The molecule has 5 heteroatoms. The van der Waals surface area contributed by atoms with E-state index in [4.69, 9.17) is 11.6 Å². The highest BCUT2D eigenvalue weighted by Gasteiger charge is 2.30. The van der Waals surface area contributed by atoms with Gasteiger partial charge in [0.05, 0.1) is 11.8 Å². The molecular weight excluding hydrogens is 292 g/mol. The number of aliphatic hydroxyl groups excluding tert-OH is 1. The van der Waals surface area contributed by atoms with Gasteiger partial charge < -0.3 is 5.11 Å². The van der Waals surface area contributed by atoms with Gasteiger partial charge in [-0.2, -0.15) is 5.10 Å². The van der Waals surface area contributed by atoms with E-state index < -0.39 is 6.10 Å². The number of rotatable bonds is 3. The van der Waals surface area contributed by atoms with Crippen LogP contribution < -0.4 is 0 Å². The molecule has 0 aliphatic carbocycles. The summed E-state index contributed by atoms with van der Waals surface area (Å²) < 4.78 is 1.66. The van der Waals surface area contributed by atoms with E-state index in [1.165, 1.54) is 10.5 Å². The van der Waals surface area contributed by atoms with Gasteiger partial charge in [-0.15, -0.1) is 11.8 Å². The van der Waals surface area contributed by atoms with Crippen molar-refractivity contribution in [2.75, 3.05) is 5.75 Å². The van der Waals surface area contributed by atoms with E-state index in [2.05, 4.69) is 17.2 Å². The molecule has 2 unspecified atom stereocenters. The normalized spacial score (nSPS) is 19.1. The number of nitrogens with zero attached hydrogens (tertiary/aromatic N) is 2. The van der Waals surface area contributed by atoms with Crippen molar-refractivity contribution >= 4 is 23.4 Å². The third-order valence-corrected chi connectivity index (χ3v) is 5.57. The van der Waals surface area contributed by atoms with E-state index in [0.29, 0.717) is 11.6 Å². The van der Waals surface area contributed by atoms with Crippen molar-refractivity contribution in [2.24, 2.45) is 7.05 Å². The first-order chi connectivity index (χ1) is 9.58. The Hall–Kier alpha value is -0.970. The van der Waals surface area contributed by atoms with Crippen molar-refractivity contribution < 1.29 is 5.11 Å². The summed E-state index contributed by atoms with van der Waals surface area (Å²) >= 11 is 8.06. The Bertz CT molecular complexity index is 641. The Morgan fingerprint density at radius 2 is 2.25 bits per heavy atom. The molecule has 1 aliphatic rings. The summed E-state index contributed by atoms with van der Waals surface area (Å²) in [6, 6.07) is 8.31. The standard InChI is InChI=1S/C15H17ClN2OS/c1-9-11(15(16)18(2)17-9)7-13(19)12-8-20-14-6-4-3-5-10(12)14/h3-6,12-13,19H,7-8H2,1-2H3. The van der Waals surface area contributed by atoms with Gasteiger partial charge in [0.2, 0.25) is 0 Å². The Labute approximate surface area is 128 Å². The summed E-state index contributed by atoms with van der Waals surface area (Å²) in [5, 5.41) is 15.5. The lowest BCUT2D eigenvalue weighted by atomic mass is 9.91.